The van der Waals surface area contributed by atoms with Crippen molar-refractivity contribution in [2.75, 3.05) is 7.11 Å². The number of imide groups is 1. The highest BCUT2D eigenvalue weighted by molar-refractivity contribution is 5.94. The molecule has 0 aliphatic heterocycles. The number of hydrogen-bond donors (Lipinski definition) is 2. The summed E-state index contributed by atoms with van der Waals surface area (Å²) in [7, 11) is 1.20. The number of methoxy groups -OCH3 is 1. The summed E-state index contributed by atoms with van der Waals surface area (Å²) in [6.07, 6.45) is 0.793. The minimum absolute atomic E-state index is 0.122. The van der Waals surface area contributed by atoms with Crippen molar-refractivity contribution in [2.24, 2.45) is 0 Å². The molecule has 0 aliphatic rings. The van der Waals surface area contributed by atoms with Crippen molar-refractivity contribution >= 4 is 12.0 Å². The van der Waals surface area contributed by atoms with Crippen LogP contribution in [0.3, 0.4) is 0 Å². The lowest BCUT2D eigenvalue weighted by molar-refractivity contribution is -0.122. The summed E-state index contributed by atoms with van der Waals surface area (Å²) in [4.78, 5) is 22.4. The lowest BCUT2D eigenvalue weighted by Gasteiger charge is -2.17. The molecule has 94 valence electrons. The molecule has 1 aromatic rings. The van der Waals surface area contributed by atoms with Crippen molar-refractivity contribution < 1.29 is 18.7 Å². The van der Waals surface area contributed by atoms with Crippen molar-refractivity contribution in [1.29, 1.82) is 0 Å². The zero-order valence-electron chi connectivity index (χ0n) is 10.0. The number of ether oxygens (including phenoxy) is 1. The molecule has 1 aromatic heterocycles. The molecule has 2 atom stereocenters. The second-order valence-corrected chi connectivity index (χ2v) is 3.61. The van der Waals surface area contributed by atoms with Crippen LogP contribution in [0.2, 0.25) is 0 Å². The number of nitrogens with one attached hydrogen (secondary N) is 2. The standard InChI is InChI=1S/C11H16N2O4/c1-7(9-5-4-6-17-9)12-8(2)10(14)13-11(15)16-3/h4-8,12H,1-3H3,(H,13,14,15)/t7-,8-/m1/s1. The molecule has 1 heterocycles. The summed E-state index contributed by atoms with van der Waals surface area (Å²) in [5, 5.41) is 5.08. The lowest BCUT2D eigenvalue weighted by Crippen LogP contribution is -2.45. The SMILES string of the molecule is COC(=O)NC(=O)[C@@H](C)N[C@H](C)c1ccco1. The van der Waals surface area contributed by atoms with Crippen LogP contribution in [0.5, 0.6) is 0 Å². The van der Waals surface area contributed by atoms with Crippen molar-refractivity contribution in [3.8, 4) is 0 Å². The molecule has 17 heavy (non-hydrogen) atoms. The van der Waals surface area contributed by atoms with E-state index in [1.54, 1.807) is 19.3 Å². The first-order valence-corrected chi connectivity index (χ1v) is 5.23. The van der Waals surface area contributed by atoms with E-state index >= 15 is 0 Å². The molecule has 1 rings (SSSR count). The molecule has 0 aliphatic carbocycles. The molecule has 2 N–H and O–H groups in total. The molecule has 0 radical (unpaired) electrons. The van der Waals surface area contributed by atoms with E-state index in [1.165, 1.54) is 7.11 Å². The fraction of sp³-hybridized carbons (Fsp3) is 0.455. The summed E-state index contributed by atoms with van der Waals surface area (Å²) in [5.74, 6) is 0.276. The van der Waals surface area contributed by atoms with Crippen LogP contribution >= 0.6 is 0 Å². The topological polar surface area (TPSA) is 80.6 Å². The molecular weight excluding hydrogens is 224 g/mol. The van der Waals surface area contributed by atoms with Gasteiger partial charge in [0.25, 0.3) is 0 Å². The first-order chi connectivity index (χ1) is 8.04. The van der Waals surface area contributed by atoms with E-state index in [0.29, 0.717) is 0 Å². The largest absolute Gasteiger partial charge is 0.468 e. The van der Waals surface area contributed by atoms with Crippen LogP contribution in [0.25, 0.3) is 0 Å². The zero-order valence-corrected chi connectivity index (χ0v) is 10.0. The van der Waals surface area contributed by atoms with Gasteiger partial charge in [0, 0.05) is 0 Å². The third-order valence-electron chi connectivity index (χ3n) is 2.27. The number of alkyl carbamates (subject to hydrolysis) is 1. The van der Waals surface area contributed by atoms with Crippen LogP contribution in [0.15, 0.2) is 22.8 Å². The molecule has 2 amide bonds. The van der Waals surface area contributed by atoms with Gasteiger partial charge < -0.3 is 9.15 Å². The van der Waals surface area contributed by atoms with E-state index in [1.807, 2.05) is 13.0 Å². The minimum Gasteiger partial charge on any atom is -0.468 e. The number of amides is 2. The van der Waals surface area contributed by atoms with Gasteiger partial charge in [-0.1, -0.05) is 0 Å². The average molecular weight is 240 g/mol. The maximum absolute atomic E-state index is 11.5. The second kappa shape index (κ2) is 6.05. The van der Waals surface area contributed by atoms with Crippen LogP contribution in [-0.2, 0) is 9.53 Å². The van der Waals surface area contributed by atoms with Crippen LogP contribution in [0, 0.1) is 0 Å². The maximum atomic E-state index is 11.5. The van der Waals surface area contributed by atoms with Crippen LogP contribution in [-0.4, -0.2) is 25.2 Å². The van der Waals surface area contributed by atoms with Crippen molar-refractivity contribution in [2.45, 2.75) is 25.9 Å². The Bertz CT molecular complexity index is 375. The lowest BCUT2D eigenvalue weighted by atomic mass is 10.2. The van der Waals surface area contributed by atoms with Crippen LogP contribution < -0.4 is 10.6 Å². The Morgan fingerprint density at radius 3 is 2.65 bits per heavy atom. The third kappa shape index (κ3) is 3.92. The normalized spacial score (nSPS) is 13.8. The monoisotopic (exact) mass is 240 g/mol. The van der Waals surface area contributed by atoms with Crippen molar-refractivity contribution in [1.82, 2.24) is 10.6 Å². The number of furan rings is 1. The molecular formula is C11H16N2O4. The quantitative estimate of drug-likeness (QED) is 0.826. The Kier molecular flexibility index (Phi) is 4.71. The fourth-order valence-electron chi connectivity index (χ4n) is 1.33. The molecule has 0 bridgehead atoms. The van der Waals surface area contributed by atoms with Gasteiger partial charge in [-0.25, -0.2) is 4.79 Å². The Labute approximate surface area is 99.3 Å². The highest BCUT2D eigenvalue weighted by Crippen LogP contribution is 2.12. The zero-order chi connectivity index (χ0) is 12.8. The predicted molar refractivity (Wildman–Crippen MR) is 60.3 cm³/mol. The van der Waals surface area contributed by atoms with Crippen LogP contribution in [0.1, 0.15) is 25.6 Å². The van der Waals surface area contributed by atoms with Crippen LogP contribution in [0.4, 0.5) is 4.79 Å². The second-order valence-electron chi connectivity index (χ2n) is 3.61. The summed E-state index contributed by atoms with van der Waals surface area (Å²) in [5.41, 5.74) is 0. The van der Waals surface area contributed by atoms with E-state index in [4.69, 9.17) is 4.42 Å². The van der Waals surface area contributed by atoms with Gasteiger partial charge in [-0.2, -0.15) is 0 Å². The number of carbonyl (C=O) groups excluding carboxylic acids is 2. The number of carbonyl (C=O) groups is 2. The van der Waals surface area contributed by atoms with Crippen molar-refractivity contribution in [3.63, 3.8) is 0 Å². The van der Waals surface area contributed by atoms with E-state index in [-0.39, 0.29) is 6.04 Å². The molecule has 0 saturated heterocycles. The average Bonchev–Trinajstić information content (AvgIpc) is 2.82. The van der Waals surface area contributed by atoms with Gasteiger partial charge in [0.2, 0.25) is 5.91 Å². The summed E-state index contributed by atoms with van der Waals surface area (Å²) < 4.78 is 9.52. The number of hydrogen-bond acceptors (Lipinski definition) is 5. The smallest absolute Gasteiger partial charge is 0.413 e. The molecule has 0 spiro atoms. The minimum atomic E-state index is -0.769. The van der Waals surface area contributed by atoms with Gasteiger partial charge in [-0.3, -0.25) is 15.4 Å². The Morgan fingerprint density at radius 1 is 1.41 bits per heavy atom. The summed E-state index contributed by atoms with van der Waals surface area (Å²) in [6.45, 7) is 3.51. The highest BCUT2D eigenvalue weighted by atomic mass is 16.5. The predicted octanol–water partition coefficient (Wildman–Crippen LogP) is 1.20. The molecule has 6 heteroatoms. The first-order valence-electron chi connectivity index (χ1n) is 5.23. The van der Waals surface area contributed by atoms with Crippen molar-refractivity contribution in [3.05, 3.63) is 24.2 Å². The molecule has 6 nitrogen and oxygen atoms in total. The highest BCUT2D eigenvalue weighted by Gasteiger charge is 2.19. The Balaban J connectivity index is 2.46. The van der Waals surface area contributed by atoms with Gasteiger partial charge in [-0.15, -0.1) is 0 Å². The van der Waals surface area contributed by atoms with Gasteiger partial charge in [-0.05, 0) is 26.0 Å². The van der Waals surface area contributed by atoms with Gasteiger partial charge in [0.1, 0.15) is 5.76 Å². The number of rotatable bonds is 4. The Hall–Kier alpha value is -1.82. The van der Waals surface area contributed by atoms with E-state index < -0.39 is 18.0 Å². The molecule has 0 fully saturated rings. The molecule has 0 aromatic carbocycles. The van der Waals surface area contributed by atoms with E-state index in [2.05, 4.69) is 15.4 Å². The maximum Gasteiger partial charge on any atom is 0.413 e. The van der Waals surface area contributed by atoms with E-state index in [9.17, 15) is 9.59 Å². The van der Waals surface area contributed by atoms with Gasteiger partial charge in [0.05, 0.1) is 25.5 Å². The molecule has 0 saturated carbocycles. The molecule has 0 unspecified atom stereocenters. The van der Waals surface area contributed by atoms with Gasteiger partial charge >= 0.3 is 6.09 Å². The van der Waals surface area contributed by atoms with E-state index in [0.717, 1.165) is 5.76 Å². The summed E-state index contributed by atoms with van der Waals surface area (Å²) in [6, 6.07) is 2.92. The third-order valence-corrected chi connectivity index (χ3v) is 2.27. The Morgan fingerprint density at radius 2 is 2.12 bits per heavy atom. The fourth-order valence-corrected chi connectivity index (χ4v) is 1.33. The summed E-state index contributed by atoms with van der Waals surface area (Å²) >= 11 is 0. The first kappa shape index (κ1) is 13.2. The van der Waals surface area contributed by atoms with Gasteiger partial charge in [0.15, 0.2) is 0 Å².